The molecule has 146 valence electrons. The zero-order valence-corrected chi connectivity index (χ0v) is 17.0. The summed E-state index contributed by atoms with van der Waals surface area (Å²) >= 11 is 6.06. The second-order valence-corrected chi connectivity index (χ2v) is 7.91. The molecule has 2 heterocycles. The molecule has 0 saturated carbocycles. The maximum Gasteiger partial charge on any atom is 0.121 e. The van der Waals surface area contributed by atoms with Crippen LogP contribution in [0.3, 0.4) is 0 Å². The van der Waals surface area contributed by atoms with Crippen molar-refractivity contribution in [2.45, 2.75) is 38.6 Å². The van der Waals surface area contributed by atoms with Crippen LogP contribution in [0.5, 0.6) is 0 Å². The highest BCUT2D eigenvalue weighted by molar-refractivity contribution is 6.30. The summed E-state index contributed by atoms with van der Waals surface area (Å²) in [4.78, 5) is 4.46. The third-order valence-corrected chi connectivity index (χ3v) is 5.60. The molecule has 4 rings (SSSR count). The van der Waals surface area contributed by atoms with E-state index in [0.717, 1.165) is 40.5 Å². The van der Waals surface area contributed by atoms with Gasteiger partial charge in [0.15, 0.2) is 0 Å². The summed E-state index contributed by atoms with van der Waals surface area (Å²) < 4.78 is 0. The quantitative estimate of drug-likeness (QED) is 0.494. The van der Waals surface area contributed by atoms with Crippen molar-refractivity contribution in [2.24, 2.45) is 0 Å². The monoisotopic (exact) mass is 394 g/mol. The number of hydrogen-bond acceptors (Lipinski definition) is 3. The molecule has 3 aromatic rings. The summed E-state index contributed by atoms with van der Waals surface area (Å²) in [6.07, 6.45) is 6.39. The van der Waals surface area contributed by atoms with E-state index in [4.69, 9.17) is 21.8 Å². The number of nitrogens with zero attached hydrogens (tertiary/aromatic N) is 4. The number of unbranched alkanes of at least 4 members (excludes halogenated alkanes) is 1. The maximum absolute atomic E-state index is 6.06. The van der Waals surface area contributed by atoms with Crippen LogP contribution in [0.4, 0.5) is 0 Å². The number of likely N-dealkylation sites (tertiary alicyclic amines) is 1. The number of hydrogen-bond donors (Lipinski definition) is 0. The first-order valence-electron chi connectivity index (χ1n) is 10.3. The van der Waals surface area contributed by atoms with Gasteiger partial charge in [0.05, 0.1) is 6.54 Å². The molecule has 0 radical (unpaired) electrons. The Morgan fingerprint density at radius 3 is 2.00 bits per heavy atom. The molecule has 0 spiro atoms. The minimum Gasteiger partial charge on any atom is -0.303 e. The molecule has 1 aromatic heterocycles. The van der Waals surface area contributed by atoms with Crippen molar-refractivity contribution in [2.75, 3.05) is 19.6 Å². The van der Waals surface area contributed by atoms with Gasteiger partial charge in [0.25, 0.3) is 0 Å². The van der Waals surface area contributed by atoms with Crippen molar-refractivity contribution in [3.63, 3.8) is 0 Å². The zero-order chi connectivity index (χ0) is 19.2. The minimum atomic E-state index is 0.732. The van der Waals surface area contributed by atoms with E-state index in [1.54, 1.807) is 0 Å². The average molecular weight is 395 g/mol. The van der Waals surface area contributed by atoms with E-state index in [0.29, 0.717) is 0 Å². The fourth-order valence-electron chi connectivity index (χ4n) is 3.81. The van der Waals surface area contributed by atoms with E-state index in [1.807, 2.05) is 47.3 Å². The Labute approximate surface area is 172 Å². The van der Waals surface area contributed by atoms with Crippen LogP contribution in [0.1, 0.15) is 32.1 Å². The first kappa shape index (κ1) is 19.2. The lowest BCUT2D eigenvalue weighted by molar-refractivity contribution is 0.222. The Morgan fingerprint density at radius 2 is 1.32 bits per heavy atom. The molecule has 1 saturated heterocycles. The smallest absolute Gasteiger partial charge is 0.121 e. The predicted octanol–water partition coefficient (Wildman–Crippen LogP) is 5.53. The molecule has 0 unspecified atom stereocenters. The van der Waals surface area contributed by atoms with Gasteiger partial charge in [-0.1, -0.05) is 60.5 Å². The van der Waals surface area contributed by atoms with Gasteiger partial charge in [0, 0.05) is 16.1 Å². The highest BCUT2D eigenvalue weighted by atomic mass is 35.5. The Hall–Kier alpha value is -2.17. The number of benzene rings is 2. The molecule has 1 aliphatic rings. The highest BCUT2D eigenvalue weighted by Gasteiger charge is 2.15. The van der Waals surface area contributed by atoms with Crippen molar-refractivity contribution >= 4 is 11.6 Å². The molecule has 0 atom stereocenters. The Kier molecular flexibility index (Phi) is 6.40. The zero-order valence-electron chi connectivity index (χ0n) is 16.2. The summed E-state index contributed by atoms with van der Waals surface area (Å²) in [6.45, 7) is 4.57. The molecule has 5 heteroatoms. The van der Waals surface area contributed by atoms with E-state index >= 15 is 0 Å². The normalized spacial score (nSPS) is 15.0. The molecular weight excluding hydrogens is 368 g/mol. The molecule has 2 aromatic carbocycles. The van der Waals surface area contributed by atoms with E-state index in [2.05, 4.69) is 17.0 Å². The summed E-state index contributed by atoms with van der Waals surface area (Å²) in [5, 5.41) is 10.4. The van der Waals surface area contributed by atoms with Gasteiger partial charge in [-0.3, -0.25) is 0 Å². The Balaban J connectivity index is 1.47. The van der Waals surface area contributed by atoms with E-state index in [9.17, 15) is 0 Å². The Bertz CT molecular complexity index is 867. The predicted molar refractivity (Wildman–Crippen MR) is 115 cm³/mol. The van der Waals surface area contributed by atoms with Crippen molar-refractivity contribution in [3.8, 4) is 22.5 Å². The molecule has 4 nitrogen and oxygen atoms in total. The lowest BCUT2D eigenvalue weighted by atomic mass is 10.1. The van der Waals surface area contributed by atoms with Crippen LogP contribution < -0.4 is 0 Å². The van der Waals surface area contributed by atoms with E-state index in [-0.39, 0.29) is 0 Å². The number of halogens is 1. The summed E-state index contributed by atoms with van der Waals surface area (Å²) in [6, 6.07) is 18.1. The second kappa shape index (κ2) is 9.35. The van der Waals surface area contributed by atoms with Crippen LogP contribution in [0.15, 0.2) is 54.6 Å². The molecule has 0 bridgehead atoms. The SMILES string of the molecule is Clc1ccc(-c2nn(CCCCN3CCCCC3)nc2-c2ccccc2)cc1. The van der Waals surface area contributed by atoms with Crippen molar-refractivity contribution in [3.05, 3.63) is 59.6 Å². The first-order valence-corrected chi connectivity index (χ1v) is 10.7. The molecule has 28 heavy (non-hydrogen) atoms. The van der Waals surface area contributed by atoms with Crippen LogP contribution in [-0.2, 0) is 6.54 Å². The van der Waals surface area contributed by atoms with Crippen LogP contribution in [0, 0.1) is 0 Å². The lowest BCUT2D eigenvalue weighted by Crippen LogP contribution is -2.30. The van der Waals surface area contributed by atoms with E-state index in [1.165, 1.54) is 45.3 Å². The number of aromatic nitrogens is 3. The van der Waals surface area contributed by atoms with Gasteiger partial charge in [-0.15, -0.1) is 0 Å². The topological polar surface area (TPSA) is 34.0 Å². The van der Waals surface area contributed by atoms with Crippen LogP contribution in [0.2, 0.25) is 5.02 Å². The molecule has 1 aliphatic heterocycles. The van der Waals surface area contributed by atoms with Crippen LogP contribution >= 0.6 is 11.6 Å². The van der Waals surface area contributed by atoms with Crippen LogP contribution in [0.25, 0.3) is 22.5 Å². The van der Waals surface area contributed by atoms with Crippen molar-refractivity contribution in [1.29, 1.82) is 0 Å². The van der Waals surface area contributed by atoms with Crippen molar-refractivity contribution < 1.29 is 0 Å². The fourth-order valence-corrected chi connectivity index (χ4v) is 3.94. The van der Waals surface area contributed by atoms with Crippen molar-refractivity contribution in [1.82, 2.24) is 19.9 Å². The lowest BCUT2D eigenvalue weighted by Gasteiger charge is -2.26. The summed E-state index contributed by atoms with van der Waals surface area (Å²) in [7, 11) is 0. The van der Waals surface area contributed by atoms with E-state index < -0.39 is 0 Å². The van der Waals surface area contributed by atoms with Gasteiger partial charge < -0.3 is 4.90 Å². The number of aryl methyl sites for hydroxylation is 1. The molecule has 1 fully saturated rings. The number of piperidine rings is 1. The molecule has 0 aliphatic carbocycles. The van der Waals surface area contributed by atoms with Gasteiger partial charge in [-0.2, -0.15) is 15.0 Å². The van der Waals surface area contributed by atoms with Gasteiger partial charge >= 0.3 is 0 Å². The maximum atomic E-state index is 6.06. The van der Waals surface area contributed by atoms with Gasteiger partial charge in [0.2, 0.25) is 0 Å². The fraction of sp³-hybridized carbons (Fsp3) is 0.391. The largest absolute Gasteiger partial charge is 0.303 e. The first-order chi connectivity index (χ1) is 13.8. The second-order valence-electron chi connectivity index (χ2n) is 7.48. The summed E-state index contributed by atoms with van der Waals surface area (Å²) in [5.41, 5.74) is 3.98. The summed E-state index contributed by atoms with van der Waals surface area (Å²) in [5.74, 6) is 0. The van der Waals surface area contributed by atoms with Gasteiger partial charge in [-0.25, -0.2) is 0 Å². The number of rotatable bonds is 7. The average Bonchev–Trinajstić information content (AvgIpc) is 3.17. The Morgan fingerprint density at radius 1 is 0.714 bits per heavy atom. The minimum absolute atomic E-state index is 0.732. The van der Waals surface area contributed by atoms with Crippen LogP contribution in [-0.4, -0.2) is 39.5 Å². The third-order valence-electron chi connectivity index (χ3n) is 5.35. The highest BCUT2D eigenvalue weighted by Crippen LogP contribution is 2.29. The van der Waals surface area contributed by atoms with Gasteiger partial charge in [-0.05, 0) is 57.5 Å². The van der Waals surface area contributed by atoms with Gasteiger partial charge in [0.1, 0.15) is 11.4 Å². The molecule has 0 amide bonds. The third kappa shape index (κ3) is 4.81. The molecular formula is C23H27ClN4. The standard InChI is InChI=1S/C23H27ClN4/c24-21-13-11-20(12-14-21)23-22(19-9-3-1-4-10-19)25-28(26-23)18-8-7-17-27-15-5-2-6-16-27/h1,3-4,9-14H,2,5-8,15-18H2. The molecule has 0 N–H and O–H groups in total.